The van der Waals surface area contributed by atoms with Crippen molar-refractivity contribution >= 4 is 35.1 Å². The molecule has 11 heteroatoms. The summed E-state index contributed by atoms with van der Waals surface area (Å²) in [5.74, 6) is 1.56. The first-order valence-electron chi connectivity index (χ1n) is 9.23. The van der Waals surface area contributed by atoms with Gasteiger partial charge in [-0.3, -0.25) is 14.9 Å². The number of amides is 1. The highest BCUT2D eigenvalue weighted by atomic mass is 32.2. The van der Waals surface area contributed by atoms with Crippen molar-refractivity contribution in [1.82, 2.24) is 4.90 Å². The quantitative estimate of drug-likeness (QED) is 0.352. The third-order valence-corrected chi connectivity index (χ3v) is 7.12. The molecule has 2 saturated heterocycles. The molecule has 1 aromatic carbocycles. The fourth-order valence-electron chi connectivity index (χ4n) is 3.41. The second-order valence-electron chi connectivity index (χ2n) is 6.92. The summed E-state index contributed by atoms with van der Waals surface area (Å²) in [7, 11) is 0. The number of nitro groups is 1. The number of hydrogen-bond acceptors (Lipinski definition) is 6. The number of ether oxygens (including phenoxy) is 1. The van der Waals surface area contributed by atoms with Crippen molar-refractivity contribution in [3.05, 3.63) is 33.9 Å². The largest absolute Gasteiger partial charge is 0.416 e. The smallest absolute Gasteiger partial charge is 0.376 e. The van der Waals surface area contributed by atoms with E-state index in [4.69, 9.17) is 4.74 Å². The maximum absolute atomic E-state index is 12.9. The third-order valence-electron chi connectivity index (χ3n) is 4.93. The summed E-state index contributed by atoms with van der Waals surface area (Å²) in [6.45, 7) is 1.17. The molecule has 0 N–H and O–H groups in total. The summed E-state index contributed by atoms with van der Waals surface area (Å²) in [4.78, 5) is 25.1. The average Bonchev–Trinajstić information content (AvgIpc) is 3.36. The molecule has 2 aliphatic heterocycles. The lowest BCUT2D eigenvalue weighted by Crippen LogP contribution is -2.45. The van der Waals surface area contributed by atoms with Crippen LogP contribution in [0.1, 0.15) is 24.8 Å². The van der Waals surface area contributed by atoms with E-state index in [1.807, 2.05) is 0 Å². The van der Waals surface area contributed by atoms with E-state index >= 15 is 0 Å². The molecule has 1 amide bonds. The highest BCUT2D eigenvalue weighted by Gasteiger charge is 2.34. The van der Waals surface area contributed by atoms with Crippen LogP contribution in [-0.4, -0.2) is 58.3 Å². The molecular weight excluding hydrogens is 429 g/mol. The Morgan fingerprint density at radius 3 is 2.76 bits per heavy atom. The first-order chi connectivity index (χ1) is 13.8. The van der Waals surface area contributed by atoms with Gasteiger partial charge in [-0.2, -0.15) is 24.9 Å². The first-order valence-corrected chi connectivity index (χ1v) is 11.4. The third kappa shape index (κ3) is 5.79. The van der Waals surface area contributed by atoms with E-state index in [9.17, 15) is 28.1 Å². The van der Waals surface area contributed by atoms with E-state index < -0.39 is 22.4 Å². The highest BCUT2D eigenvalue weighted by Crippen LogP contribution is 2.37. The van der Waals surface area contributed by atoms with E-state index in [1.54, 1.807) is 16.7 Å². The SMILES string of the molecule is O=C(CSc1ccc(C(F)(F)F)cc1[N+](=O)[O-])N(CC1CCCO1)C1CCSC1. The van der Waals surface area contributed by atoms with Gasteiger partial charge in [0, 0.05) is 31.0 Å². The second-order valence-corrected chi connectivity index (χ2v) is 9.09. The van der Waals surface area contributed by atoms with Crippen LogP contribution in [-0.2, 0) is 15.7 Å². The number of nitrogens with zero attached hydrogens (tertiary/aromatic N) is 2. The summed E-state index contributed by atoms with van der Waals surface area (Å²) < 4.78 is 44.2. The molecule has 0 bridgehead atoms. The predicted molar refractivity (Wildman–Crippen MR) is 105 cm³/mol. The van der Waals surface area contributed by atoms with Crippen molar-refractivity contribution in [2.45, 2.75) is 42.5 Å². The molecule has 2 heterocycles. The van der Waals surface area contributed by atoms with Crippen molar-refractivity contribution in [3.63, 3.8) is 0 Å². The van der Waals surface area contributed by atoms with Crippen LogP contribution in [0, 0.1) is 10.1 Å². The van der Waals surface area contributed by atoms with Gasteiger partial charge in [0.1, 0.15) is 0 Å². The lowest BCUT2D eigenvalue weighted by atomic mass is 10.1. The number of hydrogen-bond donors (Lipinski definition) is 0. The van der Waals surface area contributed by atoms with Crippen LogP contribution in [0.5, 0.6) is 0 Å². The van der Waals surface area contributed by atoms with Crippen LogP contribution in [0.4, 0.5) is 18.9 Å². The van der Waals surface area contributed by atoms with Crippen molar-refractivity contribution in [1.29, 1.82) is 0 Å². The number of benzene rings is 1. The molecule has 2 unspecified atom stereocenters. The van der Waals surface area contributed by atoms with Crippen LogP contribution in [0.15, 0.2) is 23.1 Å². The number of alkyl halides is 3. The molecule has 2 aliphatic rings. The second kappa shape index (κ2) is 9.57. The molecule has 2 atom stereocenters. The first kappa shape index (κ1) is 22.2. The van der Waals surface area contributed by atoms with Gasteiger partial charge in [-0.25, -0.2) is 0 Å². The summed E-state index contributed by atoms with van der Waals surface area (Å²) in [5, 5.41) is 11.2. The fourth-order valence-corrected chi connectivity index (χ4v) is 5.53. The van der Waals surface area contributed by atoms with Gasteiger partial charge in [0.2, 0.25) is 5.91 Å². The molecule has 6 nitrogen and oxygen atoms in total. The zero-order chi connectivity index (χ0) is 21.0. The van der Waals surface area contributed by atoms with Gasteiger partial charge >= 0.3 is 6.18 Å². The number of carbonyl (C=O) groups excluding carboxylic acids is 1. The Kier molecular flexibility index (Phi) is 7.33. The monoisotopic (exact) mass is 450 g/mol. The Morgan fingerprint density at radius 1 is 1.38 bits per heavy atom. The zero-order valence-corrected chi connectivity index (χ0v) is 17.2. The highest BCUT2D eigenvalue weighted by molar-refractivity contribution is 8.00. The Balaban J connectivity index is 1.70. The van der Waals surface area contributed by atoms with Gasteiger partial charge in [-0.05, 0) is 37.1 Å². The molecule has 0 saturated carbocycles. The molecule has 1 aromatic rings. The van der Waals surface area contributed by atoms with Crippen LogP contribution in [0.3, 0.4) is 0 Å². The van der Waals surface area contributed by atoms with Crippen molar-refractivity contribution in [2.24, 2.45) is 0 Å². The van der Waals surface area contributed by atoms with E-state index in [2.05, 4.69) is 0 Å². The van der Waals surface area contributed by atoms with Gasteiger partial charge in [0.05, 0.1) is 27.2 Å². The van der Waals surface area contributed by atoms with Crippen LogP contribution in [0.25, 0.3) is 0 Å². The molecule has 2 fully saturated rings. The standard InChI is InChI=1S/C18H21F3N2O4S2/c19-18(20,21)12-3-4-16(15(8-12)23(25)26)29-11-17(24)22(13-5-7-28-10-13)9-14-2-1-6-27-14/h3-4,8,13-14H,1-2,5-7,9-11H2. The molecule has 160 valence electrons. The molecule has 0 aliphatic carbocycles. The van der Waals surface area contributed by atoms with Crippen LogP contribution >= 0.6 is 23.5 Å². The van der Waals surface area contributed by atoms with Gasteiger partial charge in [0.15, 0.2) is 0 Å². The van der Waals surface area contributed by atoms with Crippen molar-refractivity contribution < 1.29 is 27.6 Å². The average molecular weight is 451 g/mol. The Hall–Kier alpha value is -1.46. The maximum Gasteiger partial charge on any atom is 0.416 e. The van der Waals surface area contributed by atoms with E-state index in [-0.39, 0.29) is 28.7 Å². The van der Waals surface area contributed by atoms with E-state index in [0.717, 1.165) is 54.7 Å². The minimum Gasteiger partial charge on any atom is -0.376 e. The molecule has 0 aromatic heterocycles. The summed E-state index contributed by atoms with van der Waals surface area (Å²) in [6.07, 6.45) is -1.94. The molecule has 0 spiro atoms. The summed E-state index contributed by atoms with van der Waals surface area (Å²) in [5.41, 5.74) is -1.72. The Morgan fingerprint density at radius 2 is 2.17 bits per heavy atom. The molecule has 3 rings (SSSR count). The predicted octanol–water partition coefficient (Wildman–Crippen LogP) is 4.22. The minimum atomic E-state index is -4.66. The molecule has 0 radical (unpaired) electrons. The number of carbonyl (C=O) groups is 1. The lowest BCUT2D eigenvalue weighted by Gasteiger charge is -2.30. The van der Waals surface area contributed by atoms with Crippen LogP contribution in [0.2, 0.25) is 0 Å². The van der Waals surface area contributed by atoms with E-state index in [0.29, 0.717) is 19.2 Å². The zero-order valence-electron chi connectivity index (χ0n) is 15.5. The lowest BCUT2D eigenvalue weighted by molar-refractivity contribution is -0.388. The van der Waals surface area contributed by atoms with Crippen molar-refractivity contribution in [2.75, 3.05) is 30.4 Å². The summed E-state index contributed by atoms with van der Waals surface area (Å²) >= 11 is 2.67. The normalized spacial score (nSPS) is 22.0. The Labute approximate surface area is 174 Å². The number of nitro benzene ring substituents is 1. The van der Waals surface area contributed by atoms with Gasteiger partial charge < -0.3 is 9.64 Å². The van der Waals surface area contributed by atoms with Gasteiger partial charge in [-0.1, -0.05) is 0 Å². The van der Waals surface area contributed by atoms with Gasteiger partial charge in [0.25, 0.3) is 5.69 Å². The molecular formula is C18H21F3N2O4S2. The topological polar surface area (TPSA) is 72.7 Å². The van der Waals surface area contributed by atoms with Gasteiger partial charge in [-0.15, -0.1) is 11.8 Å². The van der Waals surface area contributed by atoms with E-state index in [1.165, 1.54) is 0 Å². The summed E-state index contributed by atoms with van der Waals surface area (Å²) in [6, 6.07) is 2.48. The van der Waals surface area contributed by atoms with Crippen LogP contribution < -0.4 is 0 Å². The fraction of sp³-hybridized carbons (Fsp3) is 0.611. The Bertz CT molecular complexity index is 751. The number of rotatable bonds is 7. The number of halogens is 3. The minimum absolute atomic E-state index is 0.00467. The maximum atomic E-state index is 12.9. The number of thioether (sulfide) groups is 2. The van der Waals surface area contributed by atoms with Crippen molar-refractivity contribution in [3.8, 4) is 0 Å². The molecule has 29 heavy (non-hydrogen) atoms.